The number of rotatable bonds is 9. The van der Waals surface area contributed by atoms with Crippen molar-refractivity contribution in [2.75, 3.05) is 40.0 Å². The third kappa shape index (κ3) is 6.35. The summed E-state index contributed by atoms with van der Waals surface area (Å²) < 4.78 is 11.2. The van der Waals surface area contributed by atoms with Crippen molar-refractivity contribution in [3.8, 4) is 0 Å². The number of aliphatic imine (C=N–C) groups is 1. The van der Waals surface area contributed by atoms with Crippen molar-refractivity contribution in [3.05, 3.63) is 35.5 Å². The predicted octanol–water partition coefficient (Wildman–Crippen LogP) is 3.25. The number of H-pyrrole nitrogens is 1. The van der Waals surface area contributed by atoms with Crippen LogP contribution in [-0.4, -0.2) is 57.0 Å². The van der Waals surface area contributed by atoms with Crippen molar-refractivity contribution in [2.24, 2.45) is 4.99 Å². The van der Waals surface area contributed by atoms with Crippen LogP contribution < -0.4 is 10.6 Å². The number of benzene rings is 1. The van der Waals surface area contributed by atoms with E-state index in [2.05, 4.69) is 51.9 Å². The van der Waals surface area contributed by atoms with E-state index >= 15 is 0 Å². The number of hydrogen-bond donors (Lipinski definition) is 3. The Morgan fingerprint density at radius 3 is 2.89 bits per heavy atom. The molecular weight excluding hydrogens is 467 g/mol. The van der Waals surface area contributed by atoms with Crippen LogP contribution in [0.3, 0.4) is 0 Å². The Morgan fingerprint density at radius 2 is 2.14 bits per heavy atom. The Bertz CT molecular complexity index is 741. The van der Waals surface area contributed by atoms with Crippen molar-refractivity contribution >= 4 is 40.8 Å². The summed E-state index contributed by atoms with van der Waals surface area (Å²) >= 11 is 0. The first-order valence-corrected chi connectivity index (χ1v) is 10.0. The molecular formula is C21H33IN4O2. The number of guanidine groups is 1. The zero-order valence-corrected chi connectivity index (χ0v) is 19.3. The van der Waals surface area contributed by atoms with Crippen LogP contribution >= 0.6 is 24.0 Å². The summed E-state index contributed by atoms with van der Waals surface area (Å²) in [5.74, 6) is 0.810. The molecule has 3 rings (SSSR count). The number of nitrogens with zero attached hydrogens (tertiary/aromatic N) is 1. The van der Waals surface area contributed by atoms with Crippen LogP contribution in [0.4, 0.5) is 0 Å². The number of aromatic amines is 1. The molecule has 1 atom stereocenters. The first kappa shape index (κ1) is 23.0. The SMILES string of the molecule is CCc1cccc2c(CCNC(=NC)NCCOCC3CCCO3)c[nH]c12.I. The fourth-order valence-corrected chi connectivity index (χ4v) is 3.55. The highest BCUT2D eigenvalue weighted by Crippen LogP contribution is 2.22. The third-order valence-electron chi connectivity index (χ3n) is 5.05. The Kier molecular flexibility index (Phi) is 10.1. The minimum Gasteiger partial charge on any atom is -0.377 e. The van der Waals surface area contributed by atoms with E-state index in [1.54, 1.807) is 7.05 Å². The van der Waals surface area contributed by atoms with E-state index in [4.69, 9.17) is 9.47 Å². The van der Waals surface area contributed by atoms with Crippen LogP contribution in [0.2, 0.25) is 0 Å². The second-order valence-corrected chi connectivity index (χ2v) is 6.89. The maximum atomic E-state index is 5.67. The van der Waals surface area contributed by atoms with Gasteiger partial charge in [-0.3, -0.25) is 4.99 Å². The molecule has 2 heterocycles. The van der Waals surface area contributed by atoms with E-state index in [1.165, 1.54) is 22.0 Å². The number of halogens is 1. The van der Waals surface area contributed by atoms with E-state index in [9.17, 15) is 0 Å². The summed E-state index contributed by atoms with van der Waals surface area (Å²) in [7, 11) is 1.79. The Hall–Kier alpha value is -1.32. The molecule has 156 valence electrons. The third-order valence-corrected chi connectivity index (χ3v) is 5.05. The Labute approximate surface area is 184 Å². The molecule has 0 radical (unpaired) electrons. The number of aromatic nitrogens is 1. The number of ether oxygens (including phenoxy) is 2. The van der Waals surface area contributed by atoms with Gasteiger partial charge in [-0.2, -0.15) is 0 Å². The van der Waals surface area contributed by atoms with Gasteiger partial charge in [-0.15, -0.1) is 24.0 Å². The van der Waals surface area contributed by atoms with Crippen LogP contribution in [0.1, 0.15) is 30.9 Å². The zero-order valence-electron chi connectivity index (χ0n) is 16.9. The molecule has 1 fully saturated rings. The monoisotopic (exact) mass is 500 g/mol. The van der Waals surface area contributed by atoms with Crippen LogP contribution in [0.5, 0.6) is 0 Å². The molecule has 1 unspecified atom stereocenters. The molecule has 6 nitrogen and oxygen atoms in total. The highest BCUT2D eigenvalue weighted by molar-refractivity contribution is 14.0. The molecule has 0 saturated carbocycles. The van der Waals surface area contributed by atoms with Gasteiger partial charge >= 0.3 is 0 Å². The van der Waals surface area contributed by atoms with Gasteiger partial charge in [0.2, 0.25) is 0 Å². The largest absolute Gasteiger partial charge is 0.377 e. The highest BCUT2D eigenvalue weighted by Gasteiger charge is 2.15. The van der Waals surface area contributed by atoms with Gasteiger partial charge in [0.25, 0.3) is 0 Å². The molecule has 1 saturated heterocycles. The Balaban J connectivity index is 0.00000280. The molecule has 7 heteroatoms. The molecule has 2 aromatic rings. The van der Waals surface area contributed by atoms with Gasteiger partial charge < -0.3 is 25.1 Å². The quantitative estimate of drug-likeness (QED) is 0.214. The predicted molar refractivity (Wildman–Crippen MR) is 126 cm³/mol. The second kappa shape index (κ2) is 12.3. The van der Waals surface area contributed by atoms with Crippen LogP contribution in [0.15, 0.2) is 29.4 Å². The summed E-state index contributed by atoms with van der Waals surface area (Å²) in [6.45, 7) is 5.98. The maximum absolute atomic E-state index is 5.67. The van der Waals surface area contributed by atoms with E-state index in [0.717, 1.165) is 51.3 Å². The summed E-state index contributed by atoms with van der Waals surface area (Å²) in [4.78, 5) is 7.71. The van der Waals surface area contributed by atoms with E-state index in [0.29, 0.717) is 13.2 Å². The number of fused-ring (bicyclic) bond motifs is 1. The fourth-order valence-electron chi connectivity index (χ4n) is 3.55. The zero-order chi connectivity index (χ0) is 18.9. The molecule has 1 aliphatic rings. The standard InChI is InChI=1S/C21H32N4O2.HI/c1-3-16-6-4-8-19-17(14-25-20(16)19)9-10-23-21(22-2)24-11-13-26-15-18-7-5-12-27-18;/h4,6,8,14,18,25H,3,5,7,9-13,15H2,1-2H3,(H2,22,23,24);1H. The van der Waals surface area contributed by atoms with Crippen molar-refractivity contribution in [1.82, 2.24) is 15.6 Å². The summed E-state index contributed by atoms with van der Waals surface area (Å²) in [5, 5.41) is 7.99. The van der Waals surface area contributed by atoms with Crippen molar-refractivity contribution in [1.29, 1.82) is 0 Å². The minimum atomic E-state index is 0. The summed E-state index contributed by atoms with van der Waals surface area (Å²) in [5.41, 5.74) is 3.97. The Morgan fingerprint density at radius 1 is 1.29 bits per heavy atom. The van der Waals surface area contributed by atoms with Gasteiger partial charge in [0.15, 0.2) is 5.96 Å². The van der Waals surface area contributed by atoms with E-state index in [1.807, 2.05) is 0 Å². The fraction of sp³-hybridized carbons (Fsp3) is 0.571. The average Bonchev–Trinajstić information content (AvgIpc) is 3.36. The lowest BCUT2D eigenvalue weighted by atomic mass is 10.1. The molecule has 1 aromatic heterocycles. The number of nitrogens with one attached hydrogen (secondary N) is 3. The number of hydrogen-bond acceptors (Lipinski definition) is 3. The minimum absolute atomic E-state index is 0. The molecule has 3 N–H and O–H groups in total. The topological polar surface area (TPSA) is 70.7 Å². The van der Waals surface area contributed by atoms with Gasteiger partial charge in [0, 0.05) is 43.8 Å². The molecule has 0 spiro atoms. The molecule has 0 aliphatic carbocycles. The maximum Gasteiger partial charge on any atom is 0.191 e. The molecule has 28 heavy (non-hydrogen) atoms. The van der Waals surface area contributed by atoms with Crippen molar-refractivity contribution in [2.45, 2.75) is 38.7 Å². The molecule has 0 amide bonds. The normalized spacial score (nSPS) is 16.9. The van der Waals surface area contributed by atoms with E-state index in [-0.39, 0.29) is 30.1 Å². The summed E-state index contributed by atoms with van der Waals surface area (Å²) in [6, 6.07) is 6.52. The van der Waals surface area contributed by atoms with Crippen molar-refractivity contribution in [3.63, 3.8) is 0 Å². The first-order valence-electron chi connectivity index (χ1n) is 10.0. The molecule has 1 aliphatic heterocycles. The number of aryl methyl sites for hydroxylation is 1. The van der Waals surface area contributed by atoms with Gasteiger partial charge in [-0.05, 0) is 36.8 Å². The van der Waals surface area contributed by atoms with Gasteiger partial charge in [0.05, 0.1) is 19.3 Å². The molecule has 1 aromatic carbocycles. The molecule has 0 bridgehead atoms. The van der Waals surface area contributed by atoms with Gasteiger partial charge in [0.1, 0.15) is 0 Å². The van der Waals surface area contributed by atoms with Gasteiger partial charge in [-0.1, -0.05) is 25.1 Å². The lowest BCUT2D eigenvalue weighted by Gasteiger charge is -2.13. The lowest BCUT2D eigenvalue weighted by Crippen LogP contribution is -2.40. The first-order chi connectivity index (χ1) is 13.3. The summed E-state index contributed by atoms with van der Waals surface area (Å²) in [6.07, 6.45) is 6.67. The van der Waals surface area contributed by atoms with Crippen LogP contribution in [0, 0.1) is 0 Å². The smallest absolute Gasteiger partial charge is 0.191 e. The van der Waals surface area contributed by atoms with Gasteiger partial charge in [-0.25, -0.2) is 0 Å². The van der Waals surface area contributed by atoms with Crippen LogP contribution in [-0.2, 0) is 22.3 Å². The van der Waals surface area contributed by atoms with Crippen molar-refractivity contribution < 1.29 is 9.47 Å². The average molecular weight is 500 g/mol. The second-order valence-electron chi connectivity index (χ2n) is 6.89. The number of para-hydroxylation sites is 1. The van der Waals surface area contributed by atoms with Crippen LogP contribution in [0.25, 0.3) is 10.9 Å². The highest BCUT2D eigenvalue weighted by atomic mass is 127. The lowest BCUT2D eigenvalue weighted by molar-refractivity contribution is 0.0191. The van der Waals surface area contributed by atoms with E-state index < -0.39 is 0 Å².